The van der Waals surface area contributed by atoms with Gasteiger partial charge in [0.1, 0.15) is 23.2 Å². The summed E-state index contributed by atoms with van der Waals surface area (Å²) in [4.78, 5) is 18.7. The highest BCUT2D eigenvalue weighted by Gasteiger charge is 2.16. The fourth-order valence-corrected chi connectivity index (χ4v) is 3.36. The molecule has 0 spiro atoms. The van der Waals surface area contributed by atoms with Gasteiger partial charge in [-0.25, -0.2) is 9.37 Å². The van der Waals surface area contributed by atoms with Crippen LogP contribution in [0.3, 0.4) is 0 Å². The molecule has 140 valence electrons. The molecule has 0 bridgehead atoms. The number of carbonyl (C=O) groups excluding carboxylic acids is 1. The molecule has 0 saturated carbocycles. The lowest BCUT2D eigenvalue weighted by Gasteiger charge is -2.20. The van der Waals surface area contributed by atoms with Crippen molar-refractivity contribution in [1.29, 1.82) is 0 Å². The Kier molecular flexibility index (Phi) is 6.19. The molecule has 0 radical (unpaired) electrons. The molecular weight excluding hydrogens is 363 g/mol. The molecule has 6 heteroatoms. The van der Waals surface area contributed by atoms with Crippen LogP contribution in [0.2, 0.25) is 0 Å². The van der Waals surface area contributed by atoms with Crippen LogP contribution in [-0.4, -0.2) is 17.4 Å². The Hall–Kier alpha value is -2.73. The molecule has 1 amide bonds. The highest BCUT2D eigenvalue weighted by molar-refractivity contribution is 7.09. The van der Waals surface area contributed by atoms with Crippen LogP contribution in [0.15, 0.2) is 53.9 Å². The molecule has 0 aliphatic carbocycles. The molecule has 0 saturated heterocycles. The predicted octanol–water partition coefficient (Wildman–Crippen LogP) is 4.77. The predicted molar refractivity (Wildman–Crippen MR) is 106 cm³/mol. The number of likely N-dealkylation sites (N-methyl/N-ethyl adjacent to an activating group) is 1. The quantitative estimate of drug-likeness (QED) is 0.589. The van der Waals surface area contributed by atoms with E-state index in [1.807, 2.05) is 43.5 Å². The zero-order valence-electron chi connectivity index (χ0n) is 15.3. The Morgan fingerprint density at radius 3 is 2.52 bits per heavy atom. The van der Waals surface area contributed by atoms with Gasteiger partial charge in [-0.3, -0.25) is 4.79 Å². The molecule has 2 aromatic carbocycles. The Labute approximate surface area is 162 Å². The number of amides is 1. The van der Waals surface area contributed by atoms with Crippen LogP contribution in [0.5, 0.6) is 5.75 Å². The van der Waals surface area contributed by atoms with Crippen molar-refractivity contribution in [2.75, 3.05) is 11.4 Å². The lowest BCUT2D eigenvalue weighted by Crippen LogP contribution is -2.32. The van der Waals surface area contributed by atoms with Crippen molar-refractivity contribution in [1.82, 2.24) is 4.98 Å². The largest absolute Gasteiger partial charge is 0.486 e. The third-order valence-electron chi connectivity index (χ3n) is 4.07. The molecule has 1 aromatic heterocycles. The maximum Gasteiger partial charge on any atom is 0.233 e. The number of halogens is 1. The average Bonchev–Trinajstić information content (AvgIpc) is 3.11. The smallest absolute Gasteiger partial charge is 0.233 e. The topological polar surface area (TPSA) is 42.4 Å². The zero-order chi connectivity index (χ0) is 19.2. The summed E-state index contributed by atoms with van der Waals surface area (Å²) in [6.07, 6.45) is 0.201. The van der Waals surface area contributed by atoms with Gasteiger partial charge in [-0.05, 0) is 50.2 Å². The molecule has 0 unspecified atom stereocenters. The highest BCUT2D eigenvalue weighted by atomic mass is 32.1. The van der Waals surface area contributed by atoms with E-state index in [-0.39, 0.29) is 18.1 Å². The number of hydrogen-bond acceptors (Lipinski definition) is 4. The number of aromatic nitrogens is 1. The minimum atomic E-state index is -0.319. The number of hydrogen-bond donors (Lipinski definition) is 0. The van der Waals surface area contributed by atoms with Crippen molar-refractivity contribution in [3.8, 4) is 5.75 Å². The number of aryl methyl sites for hydroxylation is 1. The minimum Gasteiger partial charge on any atom is -0.486 e. The molecule has 3 rings (SSSR count). The molecule has 4 nitrogen and oxygen atoms in total. The average molecular weight is 384 g/mol. The van der Waals surface area contributed by atoms with E-state index in [1.54, 1.807) is 17.0 Å². The van der Waals surface area contributed by atoms with Gasteiger partial charge in [0.05, 0.1) is 12.1 Å². The molecular formula is C21H21FN2O2S. The number of anilines is 1. The lowest BCUT2D eigenvalue weighted by molar-refractivity contribution is -0.118. The minimum absolute atomic E-state index is 0.0691. The van der Waals surface area contributed by atoms with Crippen LogP contribution in [0.4, 0.5) is 10.1 Å². The summed E-state index contributed by atoms with van der Waals surface area (Å²) in [6.45, 7) is 4.80. The van der Waals surface area contributed by atoms with Gasteiger partial charge in [-0.1, -0.05) is 17.7 Å². The van der Waals surface area contributed by atoms with Crippen LogP contribution in [0.25, 0.3) is 0 Å². The number of benzene rings is 2. The summed E-state index contributed by atoms with van der Waals surface area (Å²) in [5.41, 5.74) is 2.58. The van der Waals surface area contributed by atoms with Crippen LogP contribution < -0.4 is 9.64 Å². The van der Waals surface area contributed by atoms with Crippen LogP contribution >= 0.6 is 11.3 Å². The van der Waals surface area contributed by atoms with E-state index >= 15 is 0 Å². The first-order chi connectivity index (χ1) is 13.0. The van der Waals surface area contributed by atoms with Crippen molar-refractivity contribution in [2.24, 2.45) is 0 Å². The van der Waals surface area contributed by atoms with Crippen LogP contribution in [0, 0.1) is 12.7 Å². The number of carbonyl (C=O) groups is 1. The Bertz CT molecular complexity index is 891. The van der Waals surface area contributed by atoms with Gasteiger partial charge >= 0.3 is 0 Å². The summed E-state index contributed by atoms with van der Waals surface area (Å²) < 4.78 is 18.8. The van der Waals surface area contributed by atoms with E-state index in [0.29, 0.717) is 24.5 Å². The van der Waals surface area contributed by atoms with Crippen LogP contribution in [-0.2, 0) is 17.8 Å². The third kappa shape index (κ3) is 5.14. The molecule has 0 aliphatic rings. The number of nitrogens with zero attached hydrogens (tertiary/aromatic N) is 2. The second-order valence-electron chi connectivity index (χ2n) is 6.13. The molecule has 3 aromatic rings. The number of ether oxygens (including phenoxy) is 1. The first-order valence-corrected chi connectivity index (χ1v) is 9.62. The molecule has 27 heavy (non-hydrogen) atoms. The second kappa shape index (κ2) is 8.77. The van der Waals surface area contributed by atoms with Gasteiger partial charge in [0, 0.05) is 17.6 Å². The standard InChI is InChI=1S/C21H21FN2O2S/c1-3-24(18-8-6-16(22)7-9-18)21(25)12-17-14-27-20(23-17)13-26-19-10-4-15(2)5-11-19/h4-11,14H,3,12-13H2,1-2H3. The van der Waals surface area contributed by atoms with Gasteiger partial charge in [0.2, 0.25) is 5.91 Å². The first-order valence-electron chi connectivity index (χ1n) is 8.74. The van der Waals surface area contributed by atoms with Crippen molar-refractivity contribution in [3.63, 3.8) is 0 Å². The monoisotopic (exact) mass is 384 g/mol. The van der Waals surface area contributed by atoms with Crippen LogP contribution in [0.1, 0.15) is 23.2 Å². The highest BCUT2D eigenvalue weighted by Crippen LogP contribution is 2.19. The fraction of sp³-hybridized carbons (Fsp3) is 0.238. The van der Waals surface area contributed by atoms with Crippen molar-refractivity contribution in [2.45, 2.75) is 26.9 Å². The van der Waals surface area contributed by atoms with E-state index < -0.39 is 0 Å². The SMILES string of the molecule is CCN(C(=O)Cc1csc(COc2ccc(C)cc2)n1)c1ccc(F)cc1. The maximum atomic E-state index is 13.1. The van der Waals surface area contributed by atoms with Crippen molar-refractivity contribution >= 4 is 22.9 Å². The summed E-state index contributed by atoms with van der Waals surface area (Å²) in [5, 5.41) is 2.70. The Morgan fingerprint density at radius 1 is 1.15 bits per heavy atom. The van der Waals surface area contributed by atoms with E-state index in [2.05, 4.69) is 4.98 Å². The summed E-state index contributed by atoms with van der Waals surface area (Å²) in [5.74, 6) is 0.405. The Balaban J connectivity index is 1.59. The summed E-state index contributed by atoms with van der Waals surface area (Å²) >= 11 is 1.47. The number of thiazole rings is 1. The molecule has 0 aliphatic heterocycles. The molecule has 0 fully saturated rings. The summed E-state index contributed by atoms with van der Waals surface area (Å²) in [7, 11) is 0. The molecule has 1 heterocycles. The normalized spacial score (nSPS) is 10.6. The summed E-state index contributed by atoms with van der Waals surface area (Å²) in [6, 6.07) is 13.8. The molecule has 0 N–H and O–H groups in total. The third-order valence-corrected chi connectivity index (χ3v) is 4.94. The van der Waals surface area contributed by atoms with E-state index in [4.69, 9.17) is 4.74 Å². The second-order valence-corrected chi connectivity index (χ2v) is 7.07. The Morgan fingerprint density at radius 2 is 1.85 bits per heavy atom. The van der Waals surface area contributed by atoms with E-state index in [1.165, 1.54) is 29.0 Å². The van der Waals surface area contributed by atoms with Gasteiger partial charge in [-0.15, -0.1) is 11.3 Å². The van der Waals surface area contributed by atoms with Gasteiger partial charge in [-0.2, -0.15) is 0 Å². The maximum absolute atomic E-state index is 13.1. The molecule has 0 atom stereocenters. The van der Waals surface area contributed by atoms with Crippen molar-refractivity contribution in [3.05, 3.63) is 76.0 Å². The van der Waals surface area contributed by atoms with Gasteiger partial charge < -0.3 is 9.64 Å². The zero-order valence-corrected chi connectivity index (χ0v) is 16.1. The van der Waals surface area contributed by atoms with Gasteiger partial charge in [0.25, 0.3) is 0 Å². The van der Waals surface area contributed by atoms with Crippen molar-refractivity contribution < 1.29 is 13.9 Å². The van der Waals surface area contributed by atoms with E-state index in [0.717, 1.165) is 10.8 Å². The fourth-order valence-electron chi connectivity index (χ4n) is 2.65. The lowest BCUT2D eigenvalue weighted by atomic mass is 10.2. The van der Waals surface area contributed by atoms with Gasteiger partial charge in [0.15, 0.2) is 0 Å². The first kappa shape index (κ1) is 19.0. The number of rotatable bonds is 7. The van der Waals surface area contributed by atoms with E-state index in [9.17, 15) is 9.18 Å².